The van der Waals surface area contributed by atoms with Crippen molar-refractivity contribution in [2.45, 2.75) is 148 Å². The van der Waals surface area contributed by atoms with Gasteiger partial charge in [0, 0.05) is 6.42 Å². The maximum absolute atomic E-state index is 10.4. The number of aliphatic carboxylic acids is 1. The van der Waals surface area contributed by atoms with Crippen molar-refractivity contribution in [3.8, 4) is 0 Å². The van der Waals surface area contributed by atoms with Gasteiger partial charge in [-0.15, -0.1) is 0 Å². The van der Waals surface area contributed by atoms with Gasteiger partial charge in [0.25, 0.3) is 0 Å². The third-order valence-corrected chi connectivity index (χ3v) is 5.26. The standard InChI is InChI=1S/C22H44O2.C3H8O2/c1-2-3-4-5-6-7-8-9-10-11-12-13-14-15-16-17-18-19-20-21-22(23)24;1-3(5)2-4/h2-21H2,1H3,(H,23,24);3-5H,2H2,1H3. The summed E-state index contributed by atoms with van der Waals surface area (Å²) < 4.78 is 0. The van der Waals surface area contributed by atoms with Crippen molar-refractivity contribution < 1.29 is 20.1 Å². The summed E-state index contributed by atoms with van der Waals surface area (Å²) in [5.41, 5.74) is 0. The molecule has 3 N–H and O–H groups in total. The molecule has 1 atom stereocenters. The van der Waals surface area contributed by atoms with E-state index in [0.717, 1.165) is 12.8 Å². The fourth-order valence-corrected chi connectivity index (χ4v) is 3.35. The molecule has 176 valence electrons. The molecule has 0 aliphatic heterocycles. The molecule has 0 saturated carbocycles. The number of carboxylic acid groups (broad SMARTS) is 1. The molecule has 0 fully saturated rings. The summed E-state index contributed by atoms with van der Waals surface area (Å²) in [7, 11) is 0. The minimum atomic E-state index is -0.651. The van der Waals surface area contributed by atoms with Gasteiger partial charge in [0.1, 0.15) is 0 Å². The number of hydrogen-bond donors (Lipinski definition) is 3. The molecule has 0 saturated heterocycles. The Balaban J connectivity index is 0. The van der Waals surface area contributed by atoms with Crippen LogP contribution in [0.4, 0.5) is 0 Å². The topological polar surface area (TPSA) is 77.8 Å². The van der Waals surface area contributed by atoms with Crippen LogP contribution in [0.15, 0.2) is 0 Å². The van der Waals surface area contributed by atoms with E-state index in [9.17, 15) is 4.79 Å². The highest BCUT2D eigenvalue weighted by Crippen LogP contribution is 2.14. The summed E-state index contributed by atoms with van der Waals surface area (Å²) in [5.74, 6) is -0.651. The second kappa shape index (κ2) is 27.4. The second-order valence-electron chi connectivity index (χ2n) is 8.54. The molecule has 29 heavy (non-hydrogen) atoms. The van der Waals surface area contributed by atoms with Crippen LogP contribution in [0.25, 0.3) is 0 Å². The quantitative estimate of drug-likeness (QED) is 0.172. The number of unbranched alkanes of at least 4 members (excludes halogenated alkanes) is 18. The van der Waals surface area contributed by atoms with Gasteiger partial charge in [-0.2, -0.15) is 0 Å². The minimum absolute atomic E-state index is 0.139. The minimum Gasteiger partial charge on any atom is -0.481 e. The van der Waals surface area contributed by atoms with E-state index in [-0.39, 0.29) is 6.61 Å². The fraction of sp³-hybridized carbons (Fsp3) is 0.960. The molecule has 0 heterocycles. The summed E-state index contributed by atoms with van der Waals surface area (Å²) >= 11 is 0. The molecule has 0 aromatic carbocycles. The molecule has 0 aliphatic rings. The smallest absolute Gasteiger partial charge is 0.303 e. The number of carboxylic acids is 1. The molecule has 4 nitrogen and oxygen atoms in total. The van der Waals surface area contributed by atoms with Crippen LogP contribution in [0.1, 0.15) is 142 Å². The van der Waals surface area contributed by atoms with Crippen molar-refractivity contribution in [2.24, 2.45) is 0 Å². The zero-order chi connectivity index (χ0) is 22.0. The SMILES string of the molecule is CC(O)CO.CCCCCCCCCCCCCCCCCCCCCC(=O)O. The Morgan fingerprint density at radius 2 is 0.862 bits per heavy atom. The Bertz CT molecular complexity index is 305. The van der Waals surface area contributed by atoms with E-state index in [1.165, 1.54) is 116 Å². The Morgan fingerprint density at radius 1 is 0.621 bits per heavy atom. The maximum atomic E-state index is 10.4. The van der Waals surface area contributed by atoms with Crippen molar-refractivity contribution in [1.82, 2.24) is 0 Å². The third-order valence-electron chi connectivity index (χ3n) is 5.26. The van der Waals surface area contributed by atoms with Crippen LogP contribution < -0.4 is 0 Å². The lowest BCUT2D eigenvalue weighted by Gasteiger charge is -2.03. The monoisotopic (exact) mass is 416 g/mol. The zero-order valence-electron chi connectivity index (χ0n) is 19.7. The number of hydrogen-bond acceptors (Lipinski definition) is 3. The molecule has 0 bridgehead atoms. The summed E-state index contributed by atoms with van der Waals surface area (Å²) in [6, 6.07) is 0. The van der Waals surface area contributed by atoms with Gasteiger partial charge in [0.05, 0.1) is 12.7 Å². The first-order valence-electron chi connectivity index (χ1n) is 12.5. The highest BCUT2D eigenvalue weighted by Gasteiger charge is 1.97. The van der Waals surface area contributed by atoms with Gasteiger partial charge >= 0.3 is 5.97 Å². The van der Waals surface area contributed by atoms with Crippen molar-refractivity contribution >= 4 is 5.97 Å². The lowest BCUT2D eigenvalue weighted by molar-refractivity contribution is -0.137. The zero-order valence-corrected chi connectivity index (χ0v) is 19.7. The Morgan fingerprint density at radius 3 is 1.07 bits per heavy atom. The second-order valence-corrected chi connectivity index (χ2v) is 8.54. The first-order valence-corrected chi connectivity index (χ1v) is 12.5. The van der Waals surface area contributed by atoms with E-state index in [1.54, 1.807) is 0 Å². The van der Waals surface area contributed by atoms with Crippen molar-refractivity contribution in [2.75, 3.05) is 6.61 Å². The summed E-state index contributed by atoms with van der Waals surface area (Å²) in [6.07, 6.45) is 25.5. The highest BCUT2D eigenvalue weighted by atomic mass is 16.4. The van der Waals surface area contributed by atoms with Crippen LogP contribution in [0.5, 0.6) is 0 Å². The van der Waals surface area contributed by atoms with E-state index in [2.05, 4.69) is 6.92 Å². The summed E-state index contributed by atoms with van der Waals surface area (Å²) in [6.45, 7) is 3.67. The van der Waals surface area contributed by atoms with Crippen molar-refractivity contribution in [1.29, 1.82) is 0 Å². The average Bonchev–Trinajstić information content (AvgIpc) is 2.70. The van der Waals surface area contributed by atoms with Gasteiger partial charge in [-0.25, -0.2) is 0 Å². The molecular weight excluding hydrogens is 364 g/mol. The molecular formula is C25H52O4. The van der Waals surface area contributed by atoms with Gasteiger partial charge in [-0.05, 0) is 13.3 Å². The van der Waals surface area contributed by atoms with E-state index in [0.29, 0.717) is 6.42 Å². The van der Waals surface area contributed by atoms with Crippen molar-refractivity contribution in [3.63, 3.8) is 0 Å². The lowest BCUT2D eigenvalue weighted by Crippen LogP contribution is -2.03. The average molecular weight is 417 g/mol. The summed E-state index contributed by atoms with van der Waals surface area (Å²) in [4.78, 5) is 10.4. The van der Waals surface area contributed by atoms with Gasteiger partial charge in [0.2, 0.25) is 0 Å². The number of aliphatic hydroxyl groups excluding tert-OH is 2. The predicted octanol–water partition coefficient (Wildman–Crippen LogP) is 7.25. The van der Waals surface area contributed by atoms with E-state index in [1.807, 2.05) is 0 Å². The Kier molecular flexibility index (Phi) is 28.9. The van der Waals surface area contributed by atoms with E-state index >= 15 is 0 Å². The number of rotatable bonds is 21. The van der Waals surface area contributed by atoms with Crippen LogP contribution in [0, 0.1) is 0 Å². The fourth-order valence-electron chi connectivity index (χ4n) is 3.35. The first kappa shape index (κ1) is 30.6. The summed E-state index contributed by atoms with van der Waals surface area (Å²) in [5, 5.41) is 24.6. The lowest BCUT2D eigenvalue weighted by atomic mass is 10.0. The van der Waals surface area contributed by atoms with E-state index in [4.69, 9.17) is 15.3 Å². The van der Waals surface area contributed by atoms with Crippen LogP contribution in [0.3, 0.4) is 0 Å². The highest BCUT2D eigenvalue weighted by molar-refractivity contribution is 5.66. The van der Waals surface area contributed by atoms with Crippen LogP contribution in [-0.4, -0.2) is 34.0 Å². The van der Waals surface area contributed by atoms with Gasteiger partial charge in [-0.3, -0.25) is 4.79 Å². The van der Waals surface area contributed by atoms with Crippen LogP contribution >= 0.6 is 0 Å². The molecule has 0 aromatic rings. The maximum Gasteiger partial charge on any atom is 0.303 e. The van der Waals surface area contributed by atoms with Crippen LogP contribution in [0.2, 0.25) is 0 Å². The molecule has 0 spiro atoms. The third kappa shape index (κ3) is 35.2. The van der Waals surface area contributed by atoms with Crippen molar-refractivity contribution in [3.05, 3.63) is 0 Å². The molecule has 1 unspecified atom stereocenters. The van der Waals surface area contributed by atoms with Gasteiger partial charge in [-0.1, -0.05) is 122 Å². The molecule has 0 radical (unpaired) electrons. The molecule has 0 rings (SSSR count). The Labute approximate surface area is 181 Å². The van der Waals surface area contributed by atoms with Crippen LogP contribution in [-0.2, 0) is 4.79 Å². The van der Waals surface area contributed by atoms with E-state index < -0.39 is 12.1 Å². The molecule has 4 heteroatoms. The van der Waals surface area contributed by atoms with Gasteiger partial charge < -0.3 is 15.3 Å². The first-order chi connectivity index (χ1) is 14.0. The molecule has 0 aliphatic carbocycles. The predicted molar refractivity (Wildman–Crippen MR) is 124 cm³/mol. The number of aliphatic hydroxyl groups is 2. The molecule has 0 aromatic heterocycles. The molecule has 0 amide bonds. The Hall–Kier alpha value is -0.610. The normalized spacial score (nSPS) is 11.7. The largest absolute Gasteiger partial charge is 0.481 e. The number of carbonyl (C=O) groups is 1. The van der Waals surface area contributed by atoms with Gasteiger partial charge in [0.15, 0.2) is 0 Å².